The van der Waals surface area contributed by atoms with Gasteiger partial charge in [-0.2, -0.15) is 0 Å². The molecule has 70 valence electrons. The molecule has 1 aromatic rings. The molecule has 2 heteroatoms. The first-order valence-electron chi connectivity index (χ1n) is 4.63. The number of ether oxygens (including phenoxy) is 1. The molecule has 0 fully saturated rings. The molecule has 0 radical (unpaired) electrons. The summed E-state index contributed by atoms with van der Waals surface area (Å²) < 4.78 is 18.6. The zero-order valence-electron chi connectivity index (χ0n) is 7.72. The quantitative estimate of drug-likeness (QED) is 0.645. The van der Waals surface area contributed by atoms with Gasteiger partial charge in [-0.3, -0.25) is 0 Å². The van der Waals surface area contributed by atoms with Gasteiger partial charge < -0.3 is 4.74 Å². The van der Waals surface area contributed by atoms with Crippen molar-refractivity contribution in [1.82, 2.24) is 0 Å². The van der Waals surface area contributed by atoms with Crippen molar-refractivity contribution in [1.29, 1.82) is 0 Å². The lowest BCUT2D eigenvalue weighted by atomic mass is 9.90. The molecule has 13 heavy (non-hydrogen) atoms. The lowest BCUT2D eigenvalue weighted by Crippen LogP contribution is -2.07. The van der Waals surface area contributed by atoms with Crippen molar-refractivity contribution in [2.45, 2.75) is 25.4 Å². The number of benzene rings is 1. The zero-order valence-corrected chi connectivity index (χ0v) is 7.72. The highest BCUT2D eigenvalue weighted by Gasteiger charge is 2.21. The molecule has 1 nitrogen and oxygen atoms in total. The Bertz CT molecular complexity index is 309. The molecule has 1 aliphatic rings. The van der Waals surface area contributed by atoms with Crippen molar-refractivity contribution in [3.63, 3.8) is 0 Å². The van der Waals surface area contributed by atoms with Gasteiger partial charge in [0.05, 0.1) is 7.11 Å². The normalized spacial score (nSPS) is 20.9. The van der Waals surface area contributed by atoms with Crippen LogP contribution in [0, 0.1) is 0 Å². The van der Waals surface area contributed by atoms with Gasteiger partial charge in [0.1, 0.15) is 11.9 Å². The van der Waals surface area contributed by atoms with E-state index >= 15 is 0 Å². The largest absolute Gasteiger partial charge is 0.496 e. The van der Waals surface area contributed by atoms with Crippen LogP contribution in [-0.4, -0.2) is 7.11 Å². The van der Waals surface area contributed by atoms with E-state index in [9.17, 15) is 4.39 Å². The SMILES string of the molecule is COc1cccc2c1CCCC2F. The average Bonchev–Trinajstić information content (AvgIpc) is 2.18. The van der Waals surface area contributed by atoms with Crippen LogP contribution in [0.1, 0.15) is 30.1 Å². The van der Waals surface area contributed by atoms with E-state index in [4.69, 9.17) is 4.74 Å². The van der Waals surface area contributed by atoms with Crippen molar-refractivity contribution in [2.24, 2.45) is 0 Å². The fourth-order valence-electron chi connectivity index (χ4n) is 1.95. The fourth-order valence-corrected chi connectivity index (χ4v) is 1.95. The number of halogens is 1. The molecular formula is C11H13FO. The highest BCUT2D eigenvalue weighted by Crippen LogP contribution is 2.36. The molecule has 0 aliphatic heterocycles. The molecule has 0 bridgehead atoms. The van der Waals surface area contributed by atoms with Gasteiger partial charge in [-0.05, 0) is 30.9 Å². The monoisotopic (exact) mass is 180 g/mol. The van der Waals surface area contributed by atoms with Gasteiger partial charge in [-0.1, -0.05) is 12.1 Å². The Morgan fingerprint density at radius 1 is 1.46 bits per heavy atom. The Labute approximate surface area is 77.5 Å². The van der Waals surface area contributed by atoms with Crippen LogP contribution in [0.3, 0.4) is 0 Å². The summed E-state index contributed by atoms with van der Waals surface area (Å²) in [6.45, 7) is 0. The Balaban J connectivity index is 2.48. The van der Waals surface area contributed by atoms with Crippen molar-refractivity contribution in [3.8, 4) is 5.75 Å². The van der Waals surface area contributed by atoms with Gasteiger partial charge in [0.15, 0.2) is 0 Å². The lowest BCUT2D eigenvalue weighted by Gasteiger charge is -2.21. The Hall–Kier alpha value is -1.05. The van der Waals surface area contributed by atoms with E-state index in [0.717, 1.165) is 29.7 Å². The third-order valence-corrected chi connectivity index (χ3v) is 2.61. The molecule has 0 heterocycles. The maximum atomic E-state index is 13.4. The Morgan fingerprint density at radius 3 is 3.08 bits per heavy atom. The molecule has 0 saturated carbocycles. The fraction of sp³-hybridized carbons (Fsp3) is 0.455. The van der Waals surface area contributed by atoms with E-state index < -0.39 is 6.17 Å². The average molecular weight is 180 g/mol. The topological polar surface area (TPSA) is 9.23 Å². The van der Waals surface area contributed by atoms with Crippen molar-refractivity contribution < 1.29 is 9.13 Å². The van der Waals surface area contributed by atoms with Crippen LogP contribution < -0.4 is 4.74 Å². The summed E-state index contributed by atoms with van der Waals surface area (Å²) in [4.78, 5) is 0. The van der Waals surface area contributed by atoms with Crippen LogP contribution in [0.25, 0.3) is 0 Å². The van der Waals surface area contributed by atoms with Crippen LogP contribution >= 0.6 is 0 Å². The second kappa shape index (κ2) is 3.36. The van der Waals surface area contributed by atoms with E-state index in [0.29, 0.717) is 6.42 Å². The summed E-state index contributed by atoms with van der Waals surface area (Å²) in [5.41, 5.74) is 1.88. The van der Waals surface area contributed by atoms with Crippen molar-refractivity contribution in [2.75, 3.05) is 7.11 Å². The molecule has 0 saturated heterocycles. The Morgan fingerprint density at radius 2 is 2.31 bits per heavy atom. The van der Waals surface area contributed by atoms with E-state index in [-0.39, 0.29) is 0 Å². The summed E-state index contributed by atoms with van der Waals surface area (Å²) in [6.07, 6.45) is 1.73. The maximum absolute atomic E-state index is 13.4. The minimum atomic E-state index is -0.793. The van der Waals surface area contributed by atoms with Crippen LogP contribution in [0.5, 0.6) is 5.75 Å². The minimum Gasteiger partial charge on any atom is -0.496 e. The second-order valence-corrected chi connectivity index (χ2v) is 3.39. The number of rotatable bonds is 1. The van der Waals surface area contributed by atoms with E-state index in [1.807, 2.05) is 18.2 Å². The minimum absolute atomic E-state index is 0.653. The third-order valence-electron chi connectivity index (χ3n) is 2.61. The second-order valence-electron chi connectivity index (χ2n) is 3.39. The lowest BCUT2D eigenvalue weighted by molar-refractivity contribution is 0.297. The molecule has 1 aromatic carbocycles. The van der Waals surface area contributed by atoms with Gasteiger partial charge in [0, 0.05) is 5.56 Å². The zero-order chi connectivity index (χ0) is 9.26. The molecule has 0 N–H and O–H groups in total. The molecule has 0 amide bonds. The van der Waals surface area contributed by atoms with Crippen LogP contribution in [0.15, 0.2) is 18.2 Å². The van der Waals surface area contributed by atoms with Gasteiger partial charge in [-0.15, -0.1) is 0 Å². The summed E-state index contributed by atoms with van der Waals surface area (Å²) in [7, 11) is 1.64. The van der Waals surface area contributed by atoms with Crippen molar-refractivity contribution in [3.05, 3.63) is 29.3 Å². The first-order chi connectivity index (χ1) is 6.33. The van der Waals surface area contributed by atoms with Gasteiger partial charge in [0.2, 0.25) is 0 Å². The van der Waals surface area contributed by atoms with Gasteiger partial charge in [0.25, 0.3) is 0 Å². The number of fused-ring (bicyclic) bond motifs is 1. The molecular weight excluding hydrogens is 167 g/mol. The van der Waals surface area contributed by atoms with Gasteiger partial charge >= 0.3 is 0 Å². The molecule has 1 unspecified atom stereocenters. The number of methoxy groups -OCH3 is 1. The predicted octanol–water partition coefficient (Wildman–Crippen LogP) is 3.04. The predicted molar refractivity (Wildman–Crippen MR) is 49.8 cm³/mol. The molecule has 0 aromatic heterocycles. The van der Waals surface area contributed by atoms with Crippen LogP contribution in [0.2, 0.25) is 0 Å². The molecule has 1 aliphatic carbocycles. The number of hydrogen-bond acceptors (Lipinski definition) is 1. The summed E-state index contributed by atoms with van der Waals surface area (Å²) in [5, 5.41) is 0. The standard InChI is InChI=1S/C11H13FO/c1-13-11-7-3-4-8-9(11)5-2-6-10(8)12/h3-4,7,10H,2,5-6H2,1H3. The summed E-state index contributed by atoms with van der Waals surface area (Å²) in [6, 6.07) is 5.62. The van der Waals surface area contributed by atoms with Crippen LogP contribution in [0.4, 0.5) is 4.39 Å². The Kier molecular flexibility index (Phi) is 2.21. The molecule has 2 rings (SSSR count). The summed E-state index contributed by atoms with van der Waals surface area (Å²) >= 11 is 0. The first-order valence-corrected chi connectivity index (χ1v) is 4.63. The first kappa shape index (κ1) is 8.54. The van der Waals surface area contributed by atoms with E-state index in [1.165, 1.54) is 0 Å². The van der Waals surface area contributed by atoms with E-state index in [1.54, 1.807) is 7.11 Å². The smallest absolute Gasteiger partial charge is 0.126 e. The highest BCUT2D eigenvalue weighted by atomic mass is 19.1. The number of alkyl halides is 1. The van der Waals surface area contributed by atoms with Crippen molar-refractivity contribution >= 4 is 0 Å². The van der Waals surface area contributed by atoms with Gasteiger partial charge in [-0.25, -0.2) is 4.39 Å². The maximum Gasteiger partial charge on any atom is 0.126 e. The number of hydrogen-bond donors (Lipinski definition) is 0. The van der Waals surface area contributed by atoms with Crippen LogP contribution in [-0.2, 0) is 6.42 Å². The molecule has 0 spiro atoms. The summed E-state index contributed by atoms with van der Waals surface area (Å²) in [5.74, 6) is 0.833. The highest BCUT2D eigenvalue weighted by molar-refractivity contribution is 5.42. The molecule has 1 atom stereocenters. The third kappa shape index (κ3) is 1.41. The van der Waals surface area contributed by atoms with E-state index in [2.05, 4.69) is 0 Å².